The first-order valence-corrected chi connectivity index (χ1v) is 9.46. The summed E-state index contributed by atoms with van der Waals surface area (Å²) in [6.45, 7) is 9.16. The Hall–Kier alpha value is -1.02. The molecule has 0 radical (unpaired) electrons. The van der Waals surface area contributed by atoms with Crippen LogP contribution in [0.1, 0.15) is 49.9 Å². The molecule has 6 heteroatoms. The fourth-order valence-electron chi connectivity index (χ4n) is 3.06. The lowest BCUT2D eigenvalue weighted by molar-refractivity contribution is 0.187. The van der Waals surface area contributed by atoms with E-state index in [4.69, 9.17) is 0 Å². The van der Waals surface area contributed by atoms with Crippen LogP contribution in [0.15, 0.2) is 12.1 Å². The van der Waals surface area contributed by atoms with Crippen LogP contribution in [0.4, 0.5) is 0 Å². The lowest BCUT2D eigenvalue weighted by Crippen LogP contribution is -2.28. The van der Waals surface area contributed by atoms with Gasteiger partial charge in [-0.1, -0.05) is 12.1 Å². The summed E-state index contributed by atoms with van der Waals surface area (Å²) in [6, 6.07) is 4.06. The van der Waals surface area contributed by atoms with E-state index in [0.717, 1.165) is 22.3 Å². The lowest BCUT2D eigenvalue weighted by Gasteiger charge is -2.22. The van der Waals surface area contributed by atoms with Crippen LogP contribution in [0.5, 0.6) is 0 Å². The average molecular weight is 369 g/mol. The van der Waals surface area contributed by atoms with Crippen molar-refractivity contribution in [3.8, 4) is 0 Å². The molecule has 0 aromatic heterocycles. The minimum absolute atomic E-state index is 0.418. The molecule has 0 saturated heterocycles. The zero-order chi connectivity index (χ0) is 19.7. The molecule has 0 aliphatic carbocycles. The molecular weight excluding hydrogens is 332 g/mol. The highest BCUT2D eigenvalue weighted by atomic mass is 16.3. The number of benzene rings is 1. The van der Waals surface area contributed by atoms with E-state index in [2.05, 4.69) is 10.6 Å². The Morgan fingerprint density at radius 1 is 0.654 bits per heavy atom. The van der Waals surface area contributed by atoms with Gasteiger partial charge in [-0.25, -0.2) is 0 Å². The number of rotatable bonds is 12. The highest BCUT2D eigenvalue weighted by Crippen LogP contribution is 2.23. The van der Waals surface area contributed by atoms with Crippen molar-refractivity contribution in [1.29, 1.82) is 0 Å². The molecule has 0 saturated carbocycles. The van der Waals surface area contributed by atoms with Gasteiger partial charge in [0, 0.05) is 26.2 Å². The summed E-state index contributed by atoms with van der Waals surface area (Å²) in [5.41, 5.74) is 4.26. The van der Waals surface area contributed by atoms with E-state index >= 15 is 0 Å². The van der Waals surface area contributed by atoms with Gasteiger partial charge in [0.05, 0.1) is 24.4 Å². The molecular formula is C20H36N2O4. The van der Waals surface area contributed by atoms with Gasteiger partial charge >= 0.3 is 0 Å². The van der Waals surface area contributed by atoms with E-state index in [9.17, 15) is 20.4 Å². The molecule has 0 aliphatic rings. The van der Waals surface area contributed by atoms with Crippen LogP contribution in [0.25, 0.3) is 0 Å². The predicted octanol–water partition coefficient (Wildman–Crippen LogP) is 0.474. The quantitative estimate of drug-likeness (QED) is 0.321. The van der Waals surface area contributed by atoms with Gasteiger partial charge in [-0.2, -0.15) is 0 Å². The Bertz CT molecular complexity index is 531. The van der Waals surface area contributed by atoms with Crippen molar-refractivity contribution in [2.75, 3.05) is 13.1 Å². The molecule has 6 nitrogen and oxygen atoms in total. The van der Waals surface area contributed by atoms with Crippen molar-refractivity contribution >= 4 is 0 Å². The molecule has 1 rings (SSSR count). The molecule has 0 spiro atoms. The second-order valence-electron chi connectivity index (χ2n) is 7.41. The molecule has 26 heavy (non-hydrogen) atoms. The molecule has 0 fully saturated rings. The maximum absolute atomic E-state index is 9.97. The molecule has 0 heterocycles. The van der Waals surface area contributed by atoms with Gasteiger partial charge in [0.2, 0.25) is 0 Å². The van der Waals surface area contributed by atoms with Crippen LogP contribution in [-0.2, 0) is 25.9 Å². The molecule has 1 aromatic rings. The van der Waals surface area contributed by atoms with E-state index in [1.165, 1.54) is 0 Å². The topological polar surface area (TPSA) is 105 Å². The van der Waals surface area contributed by atoms with E-state index < -0.39 is 24.4 Å². The summed E-state index contributed by atoms with van der Waals surface area (Å²) in [6.07, 6.45) is -0.754. The zero-order valence-electron chi connectivity index (χ0n) is 16.5. The Morgan fingerprint density at radius 2 is 1.15 bits per heavy atom. The van der Waals surface area contributed by atoms with Crippen molar-refractivity contribution in [3.63, 3.8) is 0 Å². The molecule has 0 aliphatic heterocycles. The van der Waals surface area contributed by atoms with Crippen LogP contribution in [0.3, 0.4) is 0 Å². The molecule has 1 aromatic carbocycles. The van der Waals surface area contributed by atoms with Crippen molar-refractivity contribution in [3.05, 3.63) is 34.4 Å². The normalized spacial score (nSPS) is 16.3. The molecule has 4 unspecified atom stereocenters. The van der Waals surface area contributed by atoms with Gasteiger partial charge in [0.1, 0.15) is 0 Å². The first-order chi connectivity index (χ1) is 12.2. The van der Waals surface area contributed by atoms with Crippen LogP contribution < -0.4 is 10.6 Å². The lowest BCUT2D eigenvalue weighted by atomic mass is 9.89. The summed E-state index contributed by atoms with van der Waals surface area (Å²) in [5.74, 6) is 0. The van der Waals surface area contributed by atoms with E-state index in [1.807, 2.05) is 12.1 Å². The van der Waals surface area contributed by atoms with E-state index in [-0.39, 0.29) is 0 Å². The third kappa shape index (κ3) is 8.58. The zero-order valence-corrected chi connectivity index (χ0v) is 16.5. The maximum atomic E-state index is 9.97. The molecule has 4 atom stereocenters. The maximum Gasteiger partial charge on any atom is 0.0636 e. The minimum Gasteiger partial charge on any atom is -0.393 e. The summed E-state index contributed by atoms with van der Waals surface area (Å²) in [7, 11) is 0. The molecule has 0 amide bonds. The molecule has 6 N–H and O–H groups in total. The Kier molecular flexibility index (Phi) is 10.3. The standard InChI is InChI=1S/C20H36N2O4/c1-13(23)7-17-5-6-18(11-21-9-15(3)25)20(12-22-10-16(4)26)19(17)8-14(2)24/h5-6,13-16,21-26H,7-12H2,1-4H3. The van der Waals surface area contributed by atoms with Crippen molar-refractivity contribution < 1.29 is 20.4 Å². The van der Waals surface area contributed by atoms with Gasteiger partial charge in [-0.15, -0.1) is 0 Å². The monoisotopic (exact) mass is 368 g/mol. The summed E-state index contributed by atoms with van der Waals surface area (Å²) >= 11 is 0. The highest BCUT2D eigenvalue weighted by Gasteiger charge is 2.16. The van der Waals surface area contributed by atoms with Crippen molar-refractivity contribution in [2.45, 2.75) is 78.0 Å². The van der Waals surface area contributed by atoms with Crippen LogP contribution in [-0.4, -0.2) is 57.9 Å². The van der Waals surface area contributed by atoms with E-state index in [1.54, 1.807) is 27.7 Å². The van der Waals surface area contributed by atoms with Crippen LogP contribution >= 0.6 is 0 Å². The highest BCUT2D eigenvalue weighted by molar-refractivity contribution is 5.42. The third-order valence-corrected chi connectivity index (χ3v) is 4.14. The van der Waals surface area contributed by atoms with Gasteiger partial charge in [-0.3, -0.25) is 0 Å². The fourth-order valence-corrected chi connectivity index (χ4v) is 3.06. The third-order valence-electron chi connectivity index (χ3n) is 4.14. The van der Waals surface area contributed by atoms with Crippen LogP contribution in [0.2, 0.25) is 0 Å². The second kappa shape index (κ2) is 11.6. The SMILES string of the molecule is CC(O)CNCc1ccc(CC(C)O)c(CC(C)O)c1CNCC(C)O. The minimum atomic E-state index is -0.487. The van der Waals surface area contributed by atoms with Crippen molar-refractivity contribution in [2.24, 2.45) is 0 Å². The van der Waals surface area contributed by atoms with Gasteiger partial charge < -0.3 is 31.1 Å². The number of hydrogen-bond acceptors (Lipinski definition) is 6. The largest absolute Gasteiger partial charge is 0.393 e. The van der Waals surface area contributed by atoms with Gasteiger partial charge in [-0.05, 0) is 62.8 Å². The summed E-state index contributed by atoms with van der Waals surface area (Å²) in [5, 5.41) is 45.3. The number of aliphatic hydroxyl groups excluding tert-OH is 4. The number of hydrogen-bond donors (Lipinski definition) is 6. The van der Waals surface area contributed by atoms with Crippen molar-refractivity contribution in [1.82, 2.24) is 10.6 Å². The second-order valence-corrected chi connectivity index (χ2v) is 7.41. The Labute approximate surface area is 157 Å². The summed E-state index contributed by atoms with van der Waals surface area (Å²) < 4.78 is 0. The first-order valence-electron chi connectivity index (χ1n) is 9.46. The first kappa shape index (κ1) is 23.0. The van der Waals surface area contributed by atoms with Crippen LogP contribution in [0, 0.1) is 0 Å². The van der Waals surface area contributed by atoms with Gasteiger partial charge in [0.15, 0.2) is 0 Å². The van der Waals surface area contributed by atoms with Gasteiger partial charge in [0.25, 0.3) is 0 Å². The molecule has 0 bridgehead atoms. The summed E-state index contributed by atoms with van der Waals surface area (Å²) in [4.78, 5) is 0. The predicted molar refractivity (Wildman–Crippen MR) is 104 cm³/mol. The molecule has 150 valence electrons. The average Bonchev–Trinajstić information content (AvgIpc) is 2.50. The van der Waals surface area contributed by atoms with E-state index in [0.29, 0.717) is 39.0 Å². The number of aliphatic hydroxyl groups is 4. The smallest absolute Gasteiger partial charge is 0.0636 e. The Morgan fingerprint density at radius 3 is 1.65 bits per heavy atom. The Balaban J connectivity index is 3.15. The number of nitrogens with one attached hydrogen (secondary N) is 2. The fraction of sp³-hybridized carbons (Fsp3) is 0.700.